The minimum absolute atomic E-state index is 0.0179. The fraction of sp³-hybridized carbons (Fsp3) is 0.381. The van der Waals surface area contributed by atoms with Gasteiger partial charge in [-0.3, -0.25) is 0 Å². The van der Waals surface area contributed by atoms with Crippen molar-refractivity contribution < 1.29 is 13.9 Å². The Morgan fingerprint density at radius 3 is 2.54 bits per heavy atom. The molecule has 3 aromatic heterocycles. The van der Waals surface area contributed by atoms with Gasteiger partial charge in [-0.15, -0.1) is 11.3 Å². The van der Waals surface area contributed by atoms with Crippen molar-refractivity contribution in [3.63, 3.8) is 0 Å². The zero-order valence-corrected chi connectivity index (χ0v) is 16.1. The average Bonchev–Trinajstić information content (AvgIpc) is 3.27. The summed E-state index contributed by atoms with van der Waals surface area (Å²) in [5.74, 6) is 0.425. The molecule has 138 valence electrons. The van der Waals surface area contributed by atoms with Crippen molar-refractivity contribution in [2.75, 3.05) is 0 Å². The van der Waals surface area contributed by atoms with Gasteiger partial charge in [0, 0.05) is 27.7 Å². The monoisotopic (exact) mass is 372 g/mol. The summed E-state index contributed by atoms with van der Waals surface area (Å²) in [6.07, 6.45) is 5.56. The molecule has 0 spiro atoms. The molecule has 0 aromatic carbocycles. The van der Waals surface area contributed by atoms with E-state index in [0.29, 0.717) is 17.7 Å². The fourth-order valence-corrected chi connectivity index (χ4v) is 4.43. The highest BCUT2D eigenvalue weighted by Crippen LogP contribution is 2.37. The number of aromatic hydroxyl groups is 1. The molecule has 3 rings (SSSR count). The minimum Gasteiger partial charge on any atom is -0.507 e. The van der Waals surface area contributed by atoms with Crippen LogP contribution in [0.3, 0.4) is 0 Å². The van der Waals surface area contributed by atoms with Crippen molar-refractivity contribution in [1.82, 2.24) is 0 Å². The van der Waals surface area contributed by atoms with Crippen molar-refractivity contribution in [1.29, 1.82) is 0 Å². The molecule has 2 atom stereocenters. The first-order valence-electron chi connectivity index (χ1n) is 8.97. The van der Waals surface area contributed by atoms with Crippen molar-refractivity contribution in [3.05, 3.63) is 73.9 Å². The first kappa shape index (κ1) is 18.5. The maximum atomic E-state index is 12.7. The normalized spacial score (nSPS) is 13.7. The van der Waals surface area contributed by atoms with Crippen molar-refractivity contribution >= 4 is 11.3 Å². The van der Waals surface area contributed by atoms with Gasteiger partial charge in [-0.05, 0) is 49.9 Å². The molecule has 0 radical (unpaired) electrons. The second-order valence-electron chi connectivity index (χ2n) is 6.59. The van der Waals surface area contributed by atoms with E-state index < -0.39 is 5.63 Å². The van der Waals surface area contributed by atoms with Gasteiger partial charge in [0.2, 0.25) is 0 Å². The van der Waals surface area contributed by atoms with Gasteiger partial charge >= 0.3 is 5.63 Å². The second kappa shape index (κ2) is 7.96. The molecular weight excluding hydrogens is 348 g/mol. The number of aryl methyl sites for hydroxylation is 1. The summed E-state index contributed by atoms with van der Waals surface area (Å²) in [7, 11) is 0. The molecule has 26 heavy (non-hydrogen) atoms. The van der Waals surface area contributed by atoms with Crippen molar-refractivity contribution in [2.45, 2.75) is 51.9 Å². The van der Waals surface area contributed by atoms with Gasteiger partial charge in [-0.25, -0.2) is 4.79 Å². The Hall–Kier alpha value is -2.27. The summed E-state index contributed by atoms with van der Waals surface area (Å²) in [6.45, 7) is 6.09. The SMILES string of the molecule is CCC(Cc1ccoc1)c1cc(O)c(C(CC)c2ccc(C)s2)c(=O)o1. The van der Waals surface area contributed by atoms with E-state index in [1.54, 1.807) is 29.9 Å². The van der Waals surface area contributed by atoms with Crippen LogP contribution < -0.4 is 5.63 Å². The fourth-order valence-electron chi connectivity index (χ4n) is 3.36. The predicted molar refractivity (Wildman–Crippen MR) is 103 cm³/mol. The van der Waals surface area contributed by atoms with Crippen molar-refractivity contribution in [3.8, 4) is 5.75 Å². The van der Waals surface area contributed by atoms with Gasteiger partial charge in [-0.1, -0.05) is 13.8 Å². The van der Waals surface area contributed by atoms with Gasteiger partial charge in [0.05, 0.1) is 18.1 Å². The summed E-state index contributed by atoms with van der Waals surface area (Å²) in [5, 5.41) is 10.6. The summed E-state index contributed by atoms with van der Waals surface area (Å²) in [6, 6.07) is 7.58. The third kappa shape index (κ3) is 3.78. The van der Waals surface area contributed by atoms with E-state index in [0.717, 1.165) is 23.3 Å². The number of thiophene rings is 1. The van der Waals surface area contributed by atoms with Gasteiger partial charge in [0.1, 0.15) is 11.5 Å². The molecule has 0 bridgehead atoms. The Kier molecular flexibility index (Phi) is 5.67. The van der Waals surface area contributed by atoms with Gasteiger partial charge in [0.15, 0.2) is 0 Å². The van der Waals surface area contributed by atoms with Crippen molar-refractivity contribution in [2.24, 2.45) is 0 Å². The number of hydrogen-bond acceptors (Lipinski definition) is 5. The predicted octanol–water partition coefficient (Wildman–Crippen LogP) is 5.59. The molecule has 0 aliphatic heterocycles. The van der Waals surface area contributed by atoms with Crippen LogP contribution in [-0.4, -0.2) is 5.11 Å². The van der Waals surface area contributed by atoms with E-state index >= 15 is 0 Å². The van der Waals surface area contributed by atoms with E-state index in [2.05, 4.69) is 0 Å². The van der Waals surface area contributed by atoms with E-state index in [1.165, 1.54) is 4.88 Å². The van der Waals surface area contributed by atoms with Crippen LogP contribution in [0.1, 0.15) is 65.2 Å². The third-order valence-corrected chi connectivity index (χ3v) is 5.92. The lowest BCUT2D eigenvalue weighted by molar-refractivity contribution is 0.381. The lowest BCUT2D eigenvalue weighted by Crippen LogP contribution is -2.15. The highest BCUT2D eigenvalue weighted by Gasteiger charge is 2.25. The molecule has 2 unspecified atom stereocenters. The Morgan fingerprint density at radius 2 is 2.00 bits per heavy atom. The second-order valence-corrected chi connectivity index (χ2v) is 7.90. The largest absolute Gasteiger partial charge is 0.507 e. The van der Waals surface area contributed by atoms with Crippen LogP contribution in [0.25, 0.3) is 0 Å². The molecule has 4 nitrogen and oxygen atoms in total. The van der Waals surface area contributed by atoms with Crippen LogP contribution in [0.4, 0.5) is 0 Å². The molecule has 0 saturated heterocycles. The first-order valence-corrected chi connectivity index (χ1v) is 9.79. The molecule has 3 heterocycles. The van der Waals surface area contributed by atoms with Crippen LogP contribution in [0.5, 0.6) is 5.75 Å². The van der Waals surface area contributed by atoms with Gasteiger partial charge in [0.25, 0.3) is 0 Å². The minimum atomic E-state index is -0.441. The van der Waals surface area contributed by atoms with Crippen LogP contribution in [-0.2, 0) is 6.42 Å². The molecule has 3 aromatic rings. The Bertz CT molecular complexity index is 904. The van der Waals surface area contributed by atoms with E-state index in [-0.39, 0.29) is 17.6 Å². The van der Waals surface area contributed by atoms with Crippen LogP contribution in [0.15, 0.2) is 50.4 Å². The topological polar surface area (TPSA) is 63.6 Å². The molecule has 1 N–H and O–H groups in total. The first-order chi connectivity index (χ1) is 12.5. The van der Waals surface area contributed by atoms with Crippen LogP contribution in [0, 0.1) is 6.92 Å². The average molecular weight is 372 g/mol. The third-order valence-electron chi connectivity index (χ3n) is 4.80. The number of furan rings is 1. The molecule has 0 aliphatic carbocycles. The molecular formula is C21H24O4S. The van der Waals surface area contributed by atoms with Gasteiger partial charge < -0.3 is 13.9 Å². The Morgan fingerprint density at radius 1 is 1.19 bits per heavy atom. The molecule has 0 fully saturated rings. The van der Waals surface area contributed by atoms with Gasteiger partial charge in [-0.2, -0.15) is 0 Å². The summed E-state index contributed by atoms with van der Waals surface area (Å²) in [5.41, 5.74) is 0.961. The Balaban J connectivity index is 1.96. The Labute approximate surface area is 157 Å². The highest BCUT2D eigenvalue weighted by atomic mass is 32.1. The maximum absolute atomic E-state index is 12.7. The lowest BCUT2D eigenvalue weighted by Gasteiger charge is -2.17. The zero-order chi connectivity index (χ0) is 18.7. The molecule has 0 amide bonds. The summed E-state index contributed by atoms with van der Waals surface area (Å²) >= 11 is 1.65. The summed E-state index contributed by atoms with van der Waals surface area (Å²) < 4.78 is 10.8. The lowest BCUT2D eigenvalue weighted by atomic mass is 9.92. The molecule has 0 saturated carbocycles. The number of rotatable bonds is 7. The van der Waals surface area contributed by atoms with E-state index in [1.807, 2.05) is 39.0 Å². The maximum Gasteiger partial charge on any atom is 0.343 e. The van der Waals surface area contributed by atoms with E-state index in [4.69, 9.17) is 8.83 Å². The van der Waals surface area contributed by atoms with E-state index in [9.17, 15) is 9.90 Å². The summed E-state index contributed by atoms with van der Waals surface area (Å²) in [4.78, 5) is 15.0. The highest BCUT2D eigenvalue weighted by molar-refractivity contribution is 7.12. The smallest absolute Gasteiger partial charge is 0.343 e. The standard InChI is InChI=1S/C21H24O4S/c1-4-15(10-14-8-9-24-12-14)18-11-17(22)20(21(23)25-18)16(5-2)19-7-6-13(3)26-19/h6-9,11-12,15-16,22H,4-5,10H2,1-3H3. The van der Waals surface area contributed by atoms with Crippen LogP contribution in [0.2, 0.25) is 0 Å². The number of hydrogen-bond donors (Lipinski definition) is 1. The molecule has 0 aliphatic rings. The molecule has 5 heteroatoms. The van der Waals surface area contributed by atoms with Crippen LogP contribution >= 0.6 is 11.3 Å². The zero-order valence-electron chi connectivity index (χ0n) is 15.3. The quantitative estimate of drug-likeness (QED) is 0.587.